The van der Waals surface area contributed by atoms with E-state index in [9.17, 15) is 4.79 Å². The van der Waals surface area contributed by atoms with Gasteiger partial charge in [-0.1, -0.05) is 32.9 Å². The van der Waals surface area contributed by atoms with Crippen molar-refractivity contribution in [2.45, 2.75) is 66.2 Å². The molecule has 22 heavy (non-hydrogen) atoms. The molecule has 1 atom stereocenters. The summed E-state index contributed by atoms with van der Waals surface area (Å²) >= 11 is 0. The predicted molar refractivity (Wildman–Crippen MR) is 92.1 cm³/mol. The predicted octanol–water partition coefficient (Wildman–Crippen LogP) is 4.56. The zero-order valence-corrected chi connectivity index (χ0v) is 14.7. The molecule has 0 saturated carbocycles. The van der Waals surface area contributed by atoms with E-state index in [1.807, 2.05) is 32.9 Å². The van der Waals surface area contributed by atoms with Crippen molar-refractivity contribution in [2.24, 2.45) is 5.92 Å². The smallest absolute Gasteiger partial charge is 0.407 e. The van der Waals surface area contributed by atoms with Crippen LogP contribution in [0.2, 0.25) is 0 Å². The lowest BCUT2D eigenvalue weighted by Crippen LogP contribution is -2.32. The fraction of sp³-hybridized carbons (Fsp3) is 0.611. The van der Waals surface area contributed by atoms with Crippen LogP contribution in [0.3, 0.4) is 0 Å². The monoisotopic (exact) mass is 306 g/mol. The lowest BCUT2D eigenvalue weighted by atomic mass is 10.0. The van der Waals surface area contributed by atoms with Crippen molar-refractivity contribution in [1.29, 1.82) is 0 Å². The van der Waals surface area contributed by atoms with Crippen molar-refractivity contribution in [3.05, 3.63) is 29.8 Å². The van der Waals surface area contributed by atoms with E-state index < -0.39 is 5.60 Å². The molecule has 1 aromatic carbocycles. The second kappa shape index (κ2) is 8.06. The van der Waals surface area contributed by atoms with Gasteiger partial charge in [-0.25, -0.2) is 4.79 Å². The number of hydrogen-bond acceptors (Lipinski definition) is 3. The summed E-state index contributed by atoms with van der Waals surface area (Å²) in [4.78, 5) is 11.7. The van der Waals surface area contributed by atoms with Crippen LogP contribution in [0.1, 0.15) is 53.5 Å². The van der Waals surface area contributed by atoms with Crippen LogP contribution in [0.4, 0.5) is 10.5 Å². The van der Waals surface area contributed by atoms with Gasteiger partial charge in [-0.05, 0) is 50.8 Å². The molecule has 1 rings (SSSR count). The minimum absolute atomic E-state index is 0.389. The normalized spacial score (nSPS) is 12.9. The zero-order chi connectivity index (χ0) is 16.8. The van der Waals surface area contributed by atoms with E-state index in [4.69, 9.17) is 4.74 Å². The van der Waals surface area contributed by atoms with Crippen molar-refractivity contribution in [3.8, 4) is 0 Å². The second-order valence-corrected chi connectivity index (χ2v) is 6.96. The van der Waals surface area contributed by atoms with Gasteiger partial charge in [0.25, 0.3) is 0 Å². The van der Waals surface area contributed by atoms with E-state index in [1.54, 1.807) is 0 Å². The Kier molecular flexibility index (Phi) is 6.72. The van der Waals surface area contributed by atoms with Gasteiger partial charge in [-0.2, -0.15) is 0 Å². The van der Waals surface area contributed by atoms with Gasteiger partial charge in [0.1, 0.15) is 5.60 Å². The number of alkyl carbamates (subject to hydrolysis) is 1. The molecule has 0 aliphatic rings. The molecule has 4 heteroatoms. The Hall–Kier alpha value is -1.71. The maximum atomic E-state index is 11.7. The fourth-order valence-electron chi connectivity index (χ4n) is 2.21. The lowest BCUT2D eigenvalue weighted by Gasteiger charge is -2.22. The summed E-state index contributed by atoms with van der Waals surface area (Å²) in [6, 6.07) is 8.58. The Balaban J connectivity index is 2.59. The first kappa shape index (κ1) is 18.3. The average molecular weight is 306 g/mol. The summed E-state index contributed by atoms with van der Waals surface area (Å²) in [6.07, 6.45) is 0.692. The summed E-state index contributed by atoms with van der Waals surface area (Å²) in [7, 11) is 0. The van der Waals surface area contributed by atoms with Gasteiger partial charge >= 0.3 is 6.09 Å². The van der Waals surface area contributed by atoms with Gasteiger partial charge in [0.05, 0.1) is 0 Å². The highest BCUT2D eigenvalue weighted by atomic mass is 16.6. The molecule has 0 aliphatic heterocycles. The van der Waals surface area contributed by atoms with Crippen LogP contribution in [0.25, 0.3) is 0 Å². The van der Waals surface area contributed by atoms with Crippen LogP contribution in [-0.2, 0) is 11.3 Å². The van der Waals surface area contributed by atoms with Gasteiger partial charge in [-0.15, -0.1) is 0 Å². The number of carbonyl (C=O) groups excluding carboxylic acids is 1. The molecule has 1 amide bonds. The molecule has 1 unspecified atom stereocenters. The van der Waals surface area contributed by atoms with E-state index in [1.165, 1.54) is 0 Å². The van der Waals surface area contributed by atoms with E-state index >= 15 is 0 Å². The van der Waals surface area contributed by atoms with Crippen molar-refractivity contribution >= 4 is 11.8 Å². The zero-order valence-electron chi connectivity index (χ0n) is 14.7. The Labute approximate surface area is 134 Å². The van der Waals surface area contributed by atoms with Crippen LogP contribution < -0.4 is 10.6 Å². The highest BCUT2D eigenvalue weighted by Crippen LogP contribution is 2.17. The molecule has 2 N–H and O–H groups in total. The molecule has 0 spiro atoms. The average Bonchev–Trinajstić information content (AvgIpc) is 2.41. The summed E-state index contributed by atoms with van der Waals surface area (Å²) in [6.45, 7) is 12.6. The number of carbonyl (C=O) groups is 1. The molecule has 1 aromatic rings. The van der Waals surface area contributed by atoms with Gasteiger partial charge in [0.15, 0.2) is 0 Å². The topological polar surface area (TPSA) is 50.4 Å². The largest absolute Gasteiger partial charge is 0.444 e. The van der Waals surface area contributed by atoms with Gasteiger partial charge in [-0.3, -0.25) is 0 Å². The maximum Gasteiger partial charge on any atom is 0.407 e. The SMILES string of the molecule is CCC(Nc1cccc(CNC(=O)OC(C)(C)C)c1)C(C)C. The molecule has 0 bridgehead atoms. The second-order valence-electron chi connectivity index (χ2n) is 6.96. The van der Waals surface area contributed by atoms with Crippen LogP contribution in [0.15, 0.2) is 24.3 Å². The Morgan fingerprint density at radius 3 is 2.50 bits per heavy atom. The van der Waals surface area contributed by atoms with Crippen LogP contribution in [0, 0.1) is 5.92 Å². The van der Waals surface area contributed by atoms with Crippen molar-refractivity contribution in [1.82, 2.24) is 5.32 Å². The van der Waals surface area contributed by atoms with Crippen molar-refractivity contribution < 1.29 is 9.53 Å². The fourth-order valence-corrected chi connectivity index (χ4v) is 2.21. The minimum atomic E-state index is -0.473. The Morgan fingerprint density at radius 2 is 1.95 bits per heavy atom. The number of nitrogens with one attached hydrogen (secondary N) is 2. The molecule has 0 aromatic heterocycles. The molecule has 4 nitrogen and oxygen atoms in total. The number of ether oxygens (including phenoxy) is 1. The third-order valence-corrected chi connectivity index (χ3v) is 3.36. The molecule has 0 radical (unpaired) electrons. The summed E-state index contributed by atoms with van der Waals surface area (Å²) < 4.78 is 5.24. The summed E-state index contributed by atoms with van der Waals surface area (Å²) in [5.74, 6) is 0.577. The Morgan fingerprint density at radius 1 is 1.27 bits per heavy atom. The highest BCUT2D eigenvalue weighted by molar-refractivity contribution is 5.67. The van der Waals surface area contributed by atoms with E-state index in [0.29, 0.717) is 18.5 Å². The number of amides is 1. The van der Waals surface area contributed by atoms with Gasteiger partial charge in [0, 0.05) is 18.3 Å². The van der Waals surface area contributed by atoms with Crippen LogP contribution in [0.5, 0.6) is 0 Å². The molecule has 0 saturated heterocycles. The number of hydrogen-bond donors (Lipinski definition) is 2. The van der Waals surface area contributed by atoms with E-state index in [0.717, 1.165) is 17.7 Å². The number of rotatable bonds is 6. The van der Waals surface area contributed by atoms with E-state index in [-0.39, 0.29) is 6.09 Å². The quantitative estimate of drug-likeness (QED) is 0.810. The highest BCUT2D eigenvalue weighted by Gasteiger charge is 2.15. The third-order valence-electron chi connectivity index (χ3n) is 3.36. The number of anilines is 1. The first-order valence-corrected chi connectivity index (χ1v) is 8.03. The molecule has 0 heterocycles. The van der Waals surface area contributed by atoms with Crippen molar-refractivity contribution in [3.63, 3.8) is 0 Å². The Bertz CT molecular complexity index is 478. The molecule has 0 fully saturated rings. The third kappa shape index (κ3) is 6.83. The van der Waals surface area contributed by atoms with E-state index in [2.05, 4.69) is 43.5 Å². The van der Waals surface area contributed by atoms with Crippen LogP contribution in [-0.4, -0.2) is 17.7 Å². The van der Waals surface area contributed by atoms with Gasteiger partial charge in [0.2, 0.25) is 0 Å². The number of benzene rings is 1. The molecular formula is C18H30N2O2. The lowest BCUT2D eigenvalue weighted by molar-refractivity contribution is 0.0523. The molecular weight excluding hydrogens is 276 g/mol. The standard InChI is InChI=1S/C18H30N2O2/c1-7-16(13(2)3)20-15-10-8-9-14(11-15)12-19-17(21)22-18(4,5)6/h8-11,13,16,20H,7,12H2,1-6H3,(H,19,21). The first-order valence-electron chi connectivity index (χ1n) is 8.03. The van der Waals surface area contributed by atoms with Gasteiger partial charge < -0.3 is 15.4 Å². The van der Waals surface area contributed by atoms with Crippen LogP contribution >= 0.6 is 0 Å². The molecule has 0 aliphatic carbocycles. The first-order chi connectivity index (χ1) is 10.2. The molecule has 124 valence electrons. The van der Waals surface area contributed by atoms with Crippen molar-refractivity contribution in [2.75, 3.05) is 5.32 Å². The maximum absolute atomic E-state index is 11.7. The summed E-state index contributed by atoms with van der Waals surface area (Å²) in [5.41, 5.74) is 1.66. The minimum Gasteiger partial charge on any atom is -0.444 e. The summed E-state index contributed by atoms with van der Waals surface area (Å²) in [5, 5.41) is 6.33.